The van der Waals surface area contributed by atoms with Gasteiger partial charge in [0.05, 0.1) is 12.4 Å². The van der Waals surface area contributed by atoms with Crippen molar-refractivity contribution in [2.24, 2.45) is 0 Å². The fourth-order valence-electron chi connectivity index (χ4n) is 0.678. The zero-order valence-corrected chi connectivity index (χ0v) is 10.0. The van der Waals surface area contributed by atoms with Crippen LogP contribution in [0, 0.1) is 0 Å². The van der Waals surface area contributed by atoms with E-state index in [0.29, 0.717) is 18.0 Å². The Labute approximate surface area is 88.7 Å². The van der Waals surface area contributed by atoms with Crippen molar-refractivity contribution < 1.29 is 9.47 Å². The number of methoxy groups -OCH3 is 1. The normalized spacial score (nSPS) is 14.9. The van der Waals surface area contributed by atoms with E-state index in [1.807, 2.05) is 25.2 Å². The number of halogens is 1. The SMILES string of the molecule is COCCO/C(C)=C/C=C\C(C)Br. The summed E-state index contributed by atoms with van der Waals surface area (Å²) in [6.07, 6.45) is 5.96. The lowest BCUT2D eigenvalue weighted by Gasteiger charge is -2.03. The van der Waals surface area contributed by atoms with Gasteiger partial charge >= 0.3 is 0 Å². The minimum atomic E-state index is 0.399. The smallest absolute Gasteiger partial charge is 0.111 e. The lowest BCUT2D eigenvalue weighted by molar-refractivity contribution is 0.110. The molecule has 0 N–H and O–H groups in total. The molecule has 0 bridgehead atoms. The van der Waals surface area contributed by atoms with Crippen LogP contribution < -0.4 is 0 Å². The summed E-state index contributed by atoms with van der Waals surface area (Å²) in [7, 11) is 1.66. The van der Waals surface area contributed by atoms with E-state index in [-0.39, 0.29) is 0 Å². The first-order valence-corrected chi connectivity index (χ1v) is 5.19. The van der Waals surface area contributed by atoms with Crippen LogP contribution in [-0.4, -0.2) is 25.2 Å². The molecular formula is C10H17BrO2. The maximum atomic E-state index is 5.33. The Balaban J connectivity index is 3.62. The topological polar surface area (TPSA) is 18.5 Å². The molecule has 0 amide bonds. The predicted molar refractivity (Wildman–Crippen MR) is 59.1 cm³/mol. The molecule has 3 heteroatoms. The van der Waals surface area contributed by atoms with Crippen molar-refractivity contribution in [3.05, 3.63) is 24.0 Å². The Morgan fingerprint density at radius 3 is 2.69 bits per heavy atom. The second kappa shape index (κ2) is 8.32. The van der Waals surface area contributed by atoms with Gasteiger partial charge in [0.25, 0.3) is 0 Å². The molecule has 0 fully saturated rings. The number of hydrogen-bond donors (Lipinski definition) is 0. The summed E-state index contributed by atoms with van der Waals surface area (Å²) in [4.78, 5) is 0.399. The average Bonchev–Trinajstić information content (AvgIpc) is 2.04. The number of hydrogen-bond acceptors (Lipinski definition) is 2. The zero-order valence-electron chi connectivity index (χ0n) is 8.42. The van der Waals surface area contributed by atoms with Crippen molar-refractivity contribution in [2.45, 2.75) is 18.7 Å². The molecule has 0 aliphatic carbocycles. The average molecular weight is 249 g/mol. The summed E-state index contributed by atoms with van der Waals surface area (Å²) in [5.74, 6) is 0.904. The quantitative estimate of drug-likeness (QED) is 0.312. The highest BCUT2D eigenvalue weighted by Crippen LogP contribution is 2.00. The fraction of sp³-hybridized carbons (Fsp3) is 0.600. The minimum Gasteiger partial charge on any atom is -0.496 e. The van der Waals surface area contributed by atoms with Crippen molar-refractivity contribution >= 4 is 15.9 Å². The standard InChI is InChI=1S/C10H17BrO2/c1-9(11)5-4-6-10(2)13-8-7-12-3/h4-6,9H,7-8H2,1-3H3/b5-4-,10-6+. The van der Waals surface area contributed by atoms with Crippen molar-refractivity contribution in [2.75, 3.05) is 20.3 Å². The fourth-order valence-corrected chi connectivity index (χ4v) is 0.854. The molecule has 0 heterocycles. The summed E-state index contributed by atoms with van der Waals surface area (Å²) in [5, 5.41) is 0. The van der Waals surface area contributed by atoms with Crippen LogP contribution in [0.4, 0.5) is 0 Å². The minimum absolute atomic E-state index is 0.399. The molecule has 0 aliphatic heterocycles. The molecule has 0 aromatic rings. The second-order valence-electron chi connectivity index (χ2n) is 2.68. The third-order valence-corrected chi connectivity index (χ3v) is 1.63. The van der Waals surface area contributed by atoms with Gasteiger partial charge in [-0.25, -0.2) is 0 Å². The maximum Gasteiger partial charge on any atom is 0.111 e. The summed E-state index contributed by atoms with van der Waals surface area (Å²) in [6, 6.07) is 0. The van der Waals surface area contributed by atoms with Crippen molar-refractivity contribution in [3.63, 3.8) is 0 Å². The van der Waals surface area contributed by atoms with Crippen LogP contribution in [0.5, 0.6) is 0 Å². The molecule has 0 saturated carbocycles. The van der Waals surface area contributed by atoms with E-state index >= 15 is 0 Å². The van der Waals surface area contributed by atoms with Crippen LogP contribution >= 0.6 is 15.9 Å². The Morgan fingerprint density at radius 2 is 2.15 bits per heavy atom. The maximum absolute atomic E-state index is 5.33. The number of rotatable bonds is 6. The summed E-state index contributed by atoms with van der Waals surface area (Å²) in [5.41, 5.74) is 0. The van der Waals surface area contributed by atoms with Crippen molar-refractivity contribution in [1.29, 1.82) is 0 Å². The van der Waals surface area contributed by atoms with Crippen LogP contribution in [0.1, 0.15) is 13.8 Å². The van der Waals surface area contributed by atoms with E-state index in [4.69, 9.17) is 9.47 Å². The molecule has 0 radical (unpaired) electrons. The molecule has 0 aromatic heterocycles. The zero-order chi connectivity index (χ0) is 10.1. The highest BCUT2D eigenvalue weighted by atomic mass is 79.9. The first-order valence-electron chi connectivity index (χ1n) is 4.27. The van der Waals surface area contributed by atoms with E-state index in [2.05, 4.69) is 22.9 Å². The van der Waals surface area contributed by atoms with Crippen LogP contribution in [0.2, 0.25) is 0 Å². The Bertz CT molecular complexity index is 174. The van der Waals surface area contributed by atoms with Gasteiger partial charge in [-0.2, -0.15) is 0 Å². The Hall–Kier alpha value is -0.280. The third kappa shape index (κ3) is 9.64. The largest absolute Gasteiger partial charge is 0.496 e. The highest BCUT2D eigenvalue weighted by molar-refractivity contribution is 9.09. The predicted octanol–water partition coefficient (Wildman–Crippen LogP) is 2.89. The van der Waals surface area contributed by atoms with Gasteiger partial charge in [0.2, 0.25) is 0 Å². The molecule has 1 atom stereocenters. The Morgan fingerprint density at radius 1 is 1.46 bits per heavy atom. The van der Waals surface area contributed by atoms with E-state index in [1.165, 1.54) is 0 Å². The van der Waals surface area contributed by atoms with Gasteiger partial charge in [-0.1, -0.05) is 28.1 Å². The number of allylic oxidation sites excluding steroid dienone is 4. The molecule has 13 heavy (non-hydrogen) atoms. The molecule has 2 nitrogen and oxygen atoms in total. The van der Waals surface area contributed by atoms with E-state index in [1.54, 1.807) is 7.11 Å². The van der Waals surface area contributed by atoms with Gasteiger partial charge in [-0.15, -0.1) is 0 Å². The third-order valence-electron chi connectivity index (χ3n) is 1.32. The Kier molecular flexibility index (Phi) is 8.14. The number of ether oxygens (including phenoxy) is 2. The van der Waals surface area contributed by atoms with Gasteiger partial charge < -0.3 is 9.47 Å². The van der Waals surface area contributed by atoms with E-state index in [0.717, 1.165) is 5.76 Å². The van der Waals surface area contributed by atoms with Crippen LogP contribution in [0.25, 0.3) is 0 Å². The number of alkyl halides is 1. The first kappa shape index (κ1) is 12.7. The second-order valence-corrected chi connectivity index (χ2v) is 4.13. The van der Waals surface area contributed by atoms with Crippen molar-refractivity contribution in [1.82, 2.24) is 0 Å². The van der Waals surface area contributed by atoms with Gasteiger partial charge in [-0.05, 0) is 19.9 Å². The van der Waals surface area contributed by atoms with E-state index in [9.17, 15) is 0 Å². The lowest BCUT2D eigenvalue weighted by atomic mass is 10.4. The summed E-state index contributed by atoms with van der Waals surface area (Å²) in [6.45, 7) is 5.23. The summed E-state index contributed by atoms with van der Waals surface area (Å²) < 4.78 is 10.2. The van der Waals surface area contributed by atoms with Gasteiger partial charge in [0, 0.05) is 11.9 Å². The monoisotopic (exact) mass is 248 g/mol. The van der Waals surface area contributed by atoms with Gasteiger partial charge in [-0.3, -0.25) is 0 Å². The molecule has 0 aromatic carbocycles. The van der Waals surface area contributed by atoms with Crippen molar-refractivity contribution in [3.8, 4) is 0 Å². The van der Waals surface area contributed by atoms with Crippen LogP contribution in [0.15, 0.2) is 24.0 Å². The molecule has 0 saturated heterocycles. The molecule has 0 spiro atoms. The molecular weight excluding hydrogens is 232 g/mol. The van der Waals surface area contributed by atoms with E-state index < -0.39 is 0 Å². The van der Waals surface area contributed by atoms with Gasteiger partial charge in [0.1, 0.15) is 6.61 Å². The molecule has 76 valence electrons. The first-order chi connectivity index (χ1) is 6.16. The molecule has 0 aliphatic rings. The molecule has 0 rings (SSSR count). The van der Waals surface area contributed by atoms with Crippen LogP contribution in [0.3, 0.4) is 0 Å². The lowest BCUT2D eigenvalue weighted by Crippen LogP contribution is -1.99. The summed E-state index contributed by atoms with van der Waals surface area (Å²) >= 11 is 3.41. The van der Waals surface area contributed by atoms with Crippen LogP contribution in [-0.2, 0) is 9.47 Å². The highest BCUT2D eigenvalue weighted by Gasteiger charge is 1.88. The molecule has 1 unspecified atom stereocenters. The van der Waals surface area contributed by atoms with Gasteiger partial charge in [0.15, 0.2) is 0 Å².